The van der Waals surface area contributed by atoms with E-state index in [1.54, 1.807) is 48.7 Å². The van der Waals surface area contributed by atoms with Crippen LogP contribution in [0.2, 0.25) is 15.1 Å². The van der Waals surface area contributed by atoms with Crippen molar-refractivity contribution in [1.29, 1.82) is 5.41 Å². The number of amides is 1. The zero-order valence-corrected chi connectivity index (χ0v) is 22.1. The Kier molecular flexibility index (Phi) is 8.36. The first-order valence-electron chi connectivity index (χ1n) is 11.4. The average Bonchev–Trinajstić information content (AvgIpc) is 2.89. The number of hydrogen-bond donors (Lipinski definition) is 3. The smallest absolute Gasteiger partial charge is 0.253 e. The largest absolute Gasteiger partial charge is 0.398 e. The predicted molar refractivity (Wildman–Crippen MR) is 151 cm³/mol. The molecule has 0 aliphatic heterocycles. The van der Waals surface area contributed by atoms with Gasteiger partial charge in [0.25, 0.3) is 17.0 Å². The molecular formula is C27H22Cl3N5O3. The van der Waals surface area contributed by atoms with Gasteiger partial charge in [0, 0.05) is 50.8 Å². The Balaban J connectivity index is 1.49. The van der Waals surface area contributed by atoms with E-state index in [2.05, 4.69) is 5.32 Å². The molecule has 4 rings (SSSR count). The monoisotopic (exact) mass is 569 g/mol. The first kappa shape index (κ1) is 27.2. The van der Waals surface area contributed by atoms with E-state index in [4.69, 9.17) is 45.9 Å². The summed E-state index contributed by atoms with van der Waals surface area (Å²) in [7, 11) is 0. The van der Waals surface area contributed by atoms with Gasteiger partial charge in [-0.2, -0.15) is 0 Å². The van der Waals surface area contributed by atoms with Gasteiger partial charge in [-0.25, -0.2) is 0 Å². The molecule has 0 aliphatic carbocycles. The summed E-state index contributed by atoms with van der Waals surface area (Å²) in [6, 6.07) is 15.6. The number of pyridine rings is 2. The highest BCUT2D eigenvalue weighted by Crippen LogP contribution is 2.26. The van der Waals surface area contributed by atoms with Crippen LogP contribution < -0.4 is 22.2 Å². The summed E-state index contributed by atoms with van der Waals surface area (Å²) in [6.07, 6.45) is 3.07. The zero-order chi connectivity index (χ0) is 27.4. The van der Waals surface area contributed by atoms with Gasteiger partial charge in [-0.05, 0) is 53.6 Å². The van der Waals surface area contributed by atoms with Gasteiger partial charge < -0.3 is 25.6 Å². The maximum absolute atomic E-state index is 12.8. The van der Waals surface area contributed by atoms with Gasteiger partial charge in [0.1, 0.15) is 0 Å². The van der Waals surface area contributed by atoms with Crippen molar-refractivity contribution < 1.29 is 4.79 Å². The molecule has 2 aromatic heterocycles. The molecule has 0 bridgehead atoms. The fraction of sp³-hybridized carbons (Fsp3) is 0.111. The minimum atomic E-state index is -0.475. The van der Waals surface area contributed by atoms with E-state index >= 15 is 0 Å². The second-order valence-corrected chi connectivity index (χ2v) is 9.73. The van der Waals surface area contributed by atoms with Crippen LogP contribution in [0.1, 0.15) is 27.0 Å². The minimum absolute atomic E-state index is 0.0684. The maximum atomic E-state index is 12.8. The van der Waals surface area contributed by atoms with E-state index in [-0.39, 0.29) is 42.0 Å². The van der Waals surface area contributed by atoms with E-state index < -0.39 is 5.91 Å². The average molecular weight is 571 g/mol. The molecule has 0 fully saturated rings. The van der Waals surface area contributed by atoms with Crippen LogP contribution >= 0.6 is 34.8 Å². The van der Waals surface area contributed by atoms with Crippen LogP contribution in [-0.4, -0.2) is 27.3 Å². The molecule has 38 heavy (non-hydrogen) atoms. The van der Waals surface area contributed by atoms with Gasteiger partial charge in [0.05, 0.1) is 30.9 Å². The van der Waals surface area contributed by atoms with Crippen molar-refractivity contribution in [1.82, 2.24) is 14.5 Å². The summed E-state index contributed by atoms with van der Waals surface area (Å²) in [5, 5.41) is 12.1. The molecule has 2 heterocycles. The van der Waals surface area contributed by atoms with Gasteiger partial charge >= 0.3 is 0 Å². The van der Waals surface area contributed by atoms with Crippen molar-refractivity contribution in [2.75, 3.05) is 12.3 Å². The molecule has 2 aromatic carbocycles. The molecule has 11 heteroatoms. The van der Waals surface area contributed by atoms with Gasteiger partial charge in [0.2, 0.25) is 0 Å². The number of anilines is 1. The Hall–Kier alpha value is -3.85. The van der Waals surface area contributed by atoms with Crippen LogP contribution in [-0.2, 0) is 13.1 Å². The second-order valence-electron chi connectivity index (χ2n) is 8.48. The molecule has 0 atom stereocenters. The van der Waals surface area contributed by atoms with E-state index in [0.29, 0.717) is 37.4 Å². The molecule has 0 spiro atoms. The molecule has 8 nitrogen and oxygen atoms in total. The first-order valence-corrected chi connectivity index (χ1v) is 12.5. The summed E-state index contributed by atoms with van der Waals surface area (Å²) in [4.78, 5) is 37.3. The normalized spacial score (nSPS) is 10.8. The van der Waals surface area contributed by atoms with Crippen molar-refractivity contribution in [2.24, 2.45) is 0 Å². The lowest BCUT2D eigenvalue weighted by Crippen LogP contribution is -2.31. The summed E-state index contributed by atoms with van der Waals surface area (Å²) in [5.74, 6) is -0.475. The molecule has 0 saturated carbocycles. The molecule has 4 N–H and O–H groups in total. The molecule has 0 unspecified atom stereocenters. The van der Waals surface area contributed by atoms with Crippen molar-refractivity contribution in [3.8, 4) is 0 Å². The first-order chi connectivity index (χ1) is 18.1. The lowest BCUT2D eigenvalue weighted by atomic mass is 10.1. The number of halogens is 3. The molecular weight excluding hydrogens is 549 g/mol. The third kappa shape index (κ3) is 6.34. The molecule has 4 aromatic rings. The van der Waals surface area contributed by atoms with Gasteiger partial charge in [-0.15, -0.1) is 0 Å². The molecule has 194 valence electrons. The maximum Gasteiger partial charge on any atom is 0.253 e. The third-order valence-corrected chi connectivity index (χ3v) is 6.75. The molecule has 0 saturated heterocycles. The number of rotatable bonds is 8. The zero-order valence-electron chi connectivity index (χ0n) is 19.9. The highest BCUT2D eigenvalue weighted by molar-refractivity contribution is 6.34. The predicted octanol–water partition coefficient (Wildman–Crippen LogP) is 4.45. The highest BCUT2D eigenvalue weighted by atomic mass is 35.5. The van der Waals surface area contributed by atoms with E-state index in [1.165, 1.54) is 33.5 Å². The quantitative estimate of drug-likeness (QED) is 0.214. The van der Waals surface area contributed by atoms with Gasteiger partial charge in [0.15, 0.2) is 0 Å². The van der Waals surface area contributed by atoms with Crippen LogP contribution in [0, 0.1) is 5.41 Å². The lowest BCUT2D eigenvalue weighted by Gasteiger charge is -2.14. The second kappa shape index (κ2) is 11.7. The number of nitrogens with two attached hydrogens (primary N) is 1. The fourth-order valence-corrected chi connectivity index (χ4v) is 4.44. The number of aromatic nitrogens is 2. The number of hydrogen-bond acceptors (Lipinski definition) is 5. The van der Waals surface area contributed by atoms with Crippen LogP contribution in [0.4, 0.5) is 5.69 Å². The Morgan fingerprint density at radius 2 is 1.53 bits per heavy atom. The van der Waals surface area contributed by atoms with Crippen LogP contribution in [0.15, 0.2) is 82.6 Å². The fourth-order valence-electron chi connectivity index (χ4n) is 3.77. The van der Waals surface area contributed by atoms with Crippen LogP contribution in [0.5, 0.6) is 0 Å². The van der Waals surface area contributed by atoms with E-state index in [1.807, 2.05) is 0 Å². The standard InChI is InChI=1S/C27H22Cl3N5O3/c28-19-5-6-23(31)20(11-19)24(32)12-33-27(38)16-4-7-26(37)35(13-16)15-18-10-21(29)17(9-22(18)30)14-34-8-2-1-3-25(34)36/h1-11,13,32H,12,14-15,31H2,(H,33,38). The number of carbonyl (C=O) groups is 1. The van der Waals surface area contributed by atoms with Crippen molar-refractivity contribution in [3.63, 3.8) is 0 Å². The lowest BCUT2D eigenvalue weighted by molar-refractivity contribution is 0.0958. The number of nitrogens with zero attached hydrogens (tertiary/aromatic N) is 2. The summed E-state index contributed by atoms with van der Waals surface area (Å²) >= 11 is 19.0. The van der Waals surface area contributed by atoms with Gasteiger partial charge in [-0.1, -0.05) is 40.9 Å². The number of benzene rings is 2. The summed E-state index contributed by atoms with van der Waals surface area (Å²) in [5.41, 5.74) is 7.73. The van der Waals surface area contributed by atoms with Crippen LogP contribution in [0.25, 0.3) is 0 Å². The molecule has 1 amide bonds. The highest BCUT2D eigenvalue weighted by Gasteiger charge is 2.14. The van der Waals surface area contributed by atoms with Gasteiger partial charge in [-0.3, -0.25) is 14.4 Å². The Labute approximate surface area is 232 Å². The van der Waals surface area contributed by atoms with Crippen molar-refractivity contribution >= 4 is 52.1 Å². The Bertz CT molecular complexity index is 1660. The topological polar surface area (TPSA) is 123 Å². The summed E-state index contributed by atoms with van der Waals surface area (Å²) in [6.45, 7) is 0.221. The third-order valence-electron chi connectivity index (χ3n) is 5.81. The van der Waals surface area contributed by atoms with Crippen molar-refractivity contribution in [3.05, 3.63) is 131 Å². The molecule has 0 aliphatic rings. The Morgan fingerprint density at radius 3 is 2.21 bits per heavy atom. The van der Waals surface area contributed by atoms with Crippen LogP contribution in [0.3, 0.4) is 0 Å². The summed E-state index contributed by atoms with van der Waals surface area (Å²) < 4.78 is 2.85. The van der Waals surface area contributed by atoms with E-state index in [0.717, 1.165) is 0 Å². The number of nitrogen functional groups attached to an aromatic ring is 1. The Morgan fingerprint density at radius 1 is 0.868 bits per heavy atom. The minimum Gasteiger partial charge on any atom is -0.398 e. The molecule has 0 radical (unpaired) electrons. The number of nitrogens with one attached hydrogen (secondary N) is 2. The SMILES string of the molecule is N=C(CNC(=O)c1ccc(=O)n(Cc2cc(Cl)c(Cn3ccccc3=O)cc2Cl)c1)c1cc(Cl)ccc1N. The number of carbonyl (C=O) groups excluding carboxylic acids is 1. The van der Waals surface area contributed by atoms with E-state index in [9.17, 15) is 14.4 Å². The van der Waals surface area contributed by atoms with Crippen molar-refractivity contribution in [2.45, 2.75) is 13.1 Å².